The van der Waals surface area contributed by atoms with Gasteiger partial charge in [0.05, 0.1) is 37.5 Å². The highest BCUT2D eigenvalue weighted by Crippen LogP contribution is 2.37. The van der Waals surface area contributed by atoms with E-state index >= 15 is 0 Å². The van der Waals surface area contributed by atoms with Gasteiger partial charge in [-0.15, -0.1) is 0 Å². The van der Waals surface area contributed by atoms with Crippen LogP contribution in [0, 0.1) is 0 Å². The Morgan fingerprint density at radius 2 is 1.50 bits per heavy atom. The molecule has 1 aromatic carbocycles. The minimum atomic E-state index is -0.571. The number of carbonyl (C=O) groups is 1. The van der Waals surface area contributed by atoms with Gasteiger partial charge in [0.15, 0.2) is 0 Å². The van der Waals surface area contributed by atoms with E-state index in [0.29, 0.717) is 17.1 Å². The van der Waals surface area contributed by atoms with Gasteiger partial charge in [-0.05, 0) is 66.1 Å². The molecule has 0 unspecified atom stereocenters. The standard InChI is InChI=1S/C20H32BNO6/c1-18(2,3)26-17(23)22-12-14-15(24-8)10-13(11-16(14)25-9)21-27-19(4,5)20(6,7)28-21/h10-11H,12H2,1-9H3,(H,22,23). The molecule has 28 heavy (non-hydrogen) atoms. The molecular formula is C20H32BNO6. The molecule has 1 aromatic rings. The summed E-state index contributed by atoms with van der Waals surface area (Å²) in [7, 11) is 2.60. The van der Waals surface area contributed by atoms with E-state index in [1.807, 2.05) is 60.6 Å². The van der Waals surface area contributed by atoms with E-state index in [-0.39, 0.29) is 6.54 Å². The molecule has 1 aliphatic heterocycles. The van der Waals surface area contributed by atoms with Crippen molar-refractivity contribution in [3.8, 4) is 11.5 Å². The molecule has 1 N–H and O–H groups in total. The van der Waals surface area contributed by atoms with Crippen LogP contribution in [-0.2, 0) is 20.6 Å². The van der Waals surface area contributed by atoms with E-state index in [4.69, 9.17) is 23.5 Å². The fourth-order valence-electron chi connectivity index (χ4n) is 2.77. The molecule has 1 fully saturated rings. The van der Waals surface area contributed by atoms with Crippen LogP contribution in [0.15, 0.2) is 12.1 Å². The van der Waals surface area contributed by atoms with Gasteiger partial charge in [0.2, 0.25) is 0 Å². The first-order valence-corrected chi connectivity index (χ1v) is 9.37. The second-order valence-corrected chi connectivity index (χ2v) is 8.85. The number of alkyl carbamates (subject to hydrolysis) is 1. The lowest BCUT2D eigenvalue weighted by Gasteiger charge is -2.32. The molecule has 156 valence electrons. The Bertz CT molecular complexity index is 685. The summed E-state index contributed by atoms with van der Waals surface area (Å²) in [6.07, 6.45) is -0.508. The Morgan fingerprint density at radius 1 is 1.04 bits per heavy atom. The van der Waals surface area contributed by atoms with Crippen LogP contribution in [0.4, 0.5) is 4.79 Å². The third-order valence-electron chi connectivity index (χ3n) is 4.96. The minimum Gasteiger partial charge on any atom is -0.496 e. The number of rotatable bonds is 5. The quantitative estimate of drug-likeness (QED) is 0.776. The molecule has 0 aliphatic carbocycles. The number of benzene rings is 1. The lowest BCUT2D eigenvalue weighted by Crippen LogP contribution is -2.41. The van der Waals surface area contributed by atoms with Crippen molar-refractivity contribution in [3.63, 3.8) is 0 Å². The molecule has 1 amide bonds. The summed E-state index contributed by atoms with van der Waals surface area (Å²) < 4.78 is 28.6. The Labute approximate surface area is 168 Å². The Morgan fingerprint density at radius 3 is 1.89 bits per heavy atom. The normalized spacial score (nSPS) is 18.0. The molecule has 0 aromatic heterocycles. The van der Waals surface area contributed by atoms with E-state index in [1.54, 1.807) is 14.2 Å². The predicted molar refractivity (Wildman–Crippen MR) is 108 cm³/mol. The molecule has 8 heteroatoms. The van der Waals surface area contributed by atoms with Gasteiger partial charge >= 0.3 is 13.2 Å². The lowest BCUT2D eigenvalue weighted by molar-refractivity contribution is 0.00578. The average molecular weight is 393 g/mol. The maximum Gasteiger partial charge on any atom is 0.495 e. The Hall–Kier alpha value is -1.93. The Balaban J connectivity index is 2.26. The second-order valence-electron chi connectivity index (χ2n) is 8.85. The fourth-order valence-corrected chi connectivity index (χ4v) is 2.77. The highest BCUT2D eigenvalue weighted by Gasteiger charge is 2.52. The van der Waals surface area contributed by atoms with Crippen molar-refractivity contribution in [3.05, 3.63) is 17.7 Å². The number of ether oxygens (including phenoxy) is 3. The van der Waals surface area contributed by atoms with Crippen molar-refractivity contribution in [2.75, 3.05) is 14.2 Å². The first-order valence-electron chi connectivity index (χ1n) is 9.37. The molecule has 0 saturated carbocycles. The molecule has 2 rings (SSSR count). The largest absolute Gasteiger partial charge is 0.496 e. The second kappa shape index (κ2) is 7.83. The fraction of sp³-hybridized carbons (Fsp3) is 0.650. The first-order chi connectivity index (χ1) is 12.8. The van der Waals surface area contributed by atoms with Crippen LogP contribution in [0.3, 0.4) is 0 Å². The van der Waals surface area contributed by atoms with Crippen LogP contribution < -0.4 is 20.3 Å². The third-order valence-corrected chi connectivity index (χ3v) is 4.96. The number of methoxy groups -OCH3 is 2. The van der Waals surface area contributed by atoms with E-state index in [2.05, 4.69) is 5.32 Å². The molecule has 0 bridgehead atoms. The van der Waals surface area contributed by atoms with Gasteiger partial charge in [-0.3, -0.25) is 0 Å². The smallest absolute Gasteiger partial charge is 0.495 e. The zero-order chi connectivity index (χ0) is 21.3. The number of carbonyl (C=O) groups excluding carboxylic acids is 1. The predicted octanol–water partition coefficient (Wildman–Crippen LogP) is 3.03. The molecule has 1 saturated heterocycles. The topological polar surface area (TPSA) is 75.3 Å². The van der Waals surface area contributed by atoms with Crippen LogP contribution in [0.5, 0.6) is 11.5 Å². The first kappa shape index (κ1) is 22.4. The van der Waals surface area contributed by atoms with Crippen molar-refractivity contribution in [1.82, 2.24) is 5.32 Å². The van der Waals surface area contributed by atoms with E-state index < -0.39 is 30.0 Å². The van der Waals surface area contributed by atoms with Crippen LogP contribution in [0.2, 0.25) is 0 Å². The zero-order valence-electron chi connectivity index (χ0n) is 18.4. The summed E-state index contributed by atoms with van der Waals surface area (Å²) in [5, 5.41) is 2.74. The number of amides is 1. The van der Waals surface area contributed by atoms with Gasteiger partial charge in [0, 0.05) is 0 Å². The highest BCUT2D eigenvalue weighted by molar-refractivity contribution is 6.62. The van der Waals surface area contributed by atoms with E-state index in [9.17, 15) is 4.79 Å². The number of hydrogen-bond donors (Lipinski definition) is 1. The van der Waals surface area contributed by atoms with Gasteiger partial charge in [-0.25, -0.2) is 4.79 Å². The average Bonchev–Trinajstić information content (AvgIpc) is 2.78. The third kappa shape index (κ3) is 4.91. The van der Waals surface area contributed by atoms with E-state index in [0.717, 1.165) is 5.46 Å². The maximum absolute atomic E-state index is 12.0. The van der Waals surface area contributed by atoms with Gasteiger partial charge in [-0.1, -0.05) is 0 Å². The van der Waals surface area contributed by atoms with Crippen molar-refractivity contribution in [2.24, 2.45) is 0 Å². The van der Waals surface area contributed by atoms with Crippen LogP contribution >= 0.6 is 0 Å². The monoisotopic (exact) mass is 393 g/mol. The maximum atomic E-state index is 12.0. The molecule has 1 aliphatic rings. The van der Waals surface area contributed by atoms with Crippen molar-refractivity contribution >= 4 is 18.7 Å². The molecular weight excluding hydrogens is 361 g/mol. The van der Waals surface area contributed by atoms with Crippen molar-refractivity contribution in [1.29, 1.82) is 0 Å². The zero-order valence-corrected chi connectivity index (χ0v) is 18.4. The molecule has 0 spiro atoms. The highest BCUT2D eigenvalue weighted by atomic mass is 16.7. The Kier molecular flexibility index (Phi) is 6.26. The van der Waals surface area contributed by atoms with Crippen LogP contribution in [0.1, 0.15) is 54.0 Å². The SMILES string of the molecule is COc1cc(B2OC(C)(C)C(C)(C)O2)cc(OC)c1CNC(=O)OC(C)(C)C. The molecule has 7 nitrogen and oxygen atoms in total. The summed E-state index contributed by atoms with van der Waals surface area (Å²) in [5.41, 5.74) is 0.0211. The van der Waals surface area contributed by atoms with Gasteiger partial charge in [0.1, 0.15) is 17.1 Å². The molecule has 0 atom stereocenters. The van der Waals surface area contributed by atoms with E-state index in [1.165, 1.54) is 0 Å². The molecule has 1 heterocycles. The number of nitrogens with one attached hydrogen (secondary N) is 1. The molecule has 0 radical (unpaired) electrons. The van der Waals surface area contributed by atoms with Crippen molar-refractivity contribution < 1.29 is 28.3 Å². The summed E-state index contributed by atoms with van der Waals surface area (Å²) in [6.45, 7) is 13.6. The van der Waals surface area contributed by atoms with Crippen molar-refractivity contribution in [2.45, 2.75) is 71.8 Å². The lowest BCUT2D eigenvalue weighted by atomic mass is 9.78. The number of hydrogen-bond acceptors (Lipinski definition) is 6. The summed E-state index contributed by atoms with van der Waals surface area (Å²) >= 11 is 0. The van der Waals surface area contributed by atoms with Gasteiger partial charge < -0.3 is 28.8 Å². The van der Waals surface area contributed by atoms with Gasteiger partial charge in [-0.2, -0.15) is 0 Å². The minimum absolute atomic E-state index is 0.199. The summed E-state index contributed by atoms with van der Waals surface area (Å²) in [4.78, 5) is 12.0. The van der Waals surface area contributed by atoms with Crippen LogP contribution in [0.25, 0.3) is 0 Å². The summed E-state index contributed by atoms with van der Waals surface area (Å²) in [6, 6.07) is 3.69. The summed E-state index contributed by atoms with van der Waals surface area (Å²) in [5.74, 6) is 1.14. The van der Waals surface area contributed by atoms with Gasteiger partial charge in [0.25, 0.3) is 0 Å². The van der Waals surface area contributed by atoms with Crippen LogP contribution in [-0.4, -0.2) is 44.2 Å².